The summed E-state index contributed by atoms with van der Waals surface area (Å²) in [5.41, 5.74) is 0.663. The summed E-state index contributed by atoms with van der Waals surface area (Å²) in [6, 6.07) is 9.85. The van der Waals surface area contributed by atoms with Gasteiger partial charge >= 0.3 is 0 Å². The van der Waals surface area contributed by atoms with Gasteiger partial charge in [0.1, 0.15) is 6.04 Å². The highest BCUT2D eigenvalue weighted by Gasteiger charge is 2.29. The topological polar surface area (TPSA) is 66.5 Å². The van der Waals surface area contributed by atoms with Crippen molar-refractivity contribution in [3.63, 3.8) is 0 Å². The van der Waals surface area contributed by atoms with Crippen LogP contribution in [0.1, 0.15) is 6.92 Å². The lowest BCUT2D eigenvalue weighted by Crippen LogP contribution is -2.45. The minimum absolute atomic E-state index is 0.203. The molecule has 0 spiro atoms. The zero-order valence-electron chi connectivity index (χ0n) is 13.3. The largest absolute Gasteiger partial charge is 0.324 e. The highest BCUT2D eigenvalue weighted by Crippen LogP contribution is 2.29. The molecular formula is C16H15Cl3N2O3S. The highest BCUT2D eigenvalue weighted by atomic mass is 35.5. The normalized spacial score (nSPS) is 12.5. The smallest absolute Gasteiger partial charge is 0.247 e. The van der Waals surface area contributed by atoms with E-state index in [2.05, 4.69) is 5.32 Å². The Bertz CT molecular complexity index is 883. The number of nitrogens with one attached hydrogen (secondary N) is 1. The second-order valence-electron chi connectivity index (χ2n) is 5.36. The number of hydrogen-bond acceptors (Lipinski definition) is 3. The second kappa shape index (κ2) is 7.83. The van der Waals surface area contributed by atoms with Crippen LogP contribution in [0.4, 0.5) is 11.4 Å². The maximum Gasteiger partial charge on any atom is 0.247 e. The molecule has 1 atom stereocenters. The average Bonchev–Trinajstić information content (AvgIpc) is 2.44. The van der Waals surface area contributed by atoms with Crippen LogP contribution in [0.25, 0.3) is 0 Å². The number of anilines is 2. The molecule has 1 N–H and O–H groups in total. The van der Waals surface area contributed by atoms with Crippen molar-refractivity contribution in [1.82, 2.24) is 0 Å². The van der Waals surface area contributed by atoms with Crippen LogP contribution in [0, 0.1) is 0 Å². The van der Waals surface area contributed by atoms with Crippen LogP contribution in [0.3, 0.4) is 0 Å². The molecule has 0 heterocycles. The molecule has 0 saturated carbocycles. The van der Waals surface area contributed by atoms with Crippen molar-refractivity contribution in [2.24, 2.45) is 0 Å². The molecule has 9 heteroatoms. The van der Waals surface area contributed by atoms with Crippen molar-refractivity contribution in [1.29, 1.82) is 0 Å². The molecular weight excluding hydrogens is 407 g/mol. The Morgan fingerprint density at radius 1 is 1.04 bits per heavy atom. The standard InChI is InChI=1S/C16H15Cl3N2O3S/c1-10(16(22)20-14-5-3-4-11(17)7-14)21(25(2,23)24)15-8-12(18)6-13(19)9-15/h3-10H,1-2H3,(H,20,22)/t10-/m0/s1. The van der Waals surface area contributed by atoms with E-state index < -0.39 is 22.0 Å². The first-order chi connectivity index (χ1) is 11.6. The number of benzene rings is 2. The summed E-state index contributed by atoms with van der Waals surface area (Å²) in [6.45, 7) is 1.47. The van der Waals surface area contributed by atoms with Gasteiger partial charge in [0.25, 0.3) is 0 Å². The molecule has 0 bridgehead atoms. The minimum Gasteiger partial charge on any atom is -0.324 e. The van der Waals surface area contributed by atoms with Crippen molar-refractivity contribution in [2.75, 3.05) is 15.9 Å². The highest BCUT2D eigenvalue weighted by molar-refractivity contribution is 7.92. The molecule has 25 heavy (non-hydrogen) atoms. The molecule has 2 rings (SSSR count). The van der Waals surface area contributed by atoms with Crippen LogP contribution in [0.5, 0.6) is 0 Å². The number of sulfonamides is 1. The monoisotopic (exact) mass is 420 g/mol. The van der Waals surface area contributed by atoms with E-state index in [4.69, 9.17) is 34.8 Å². The molecule has 2 aromatic rings. The summed E-state index contributed by atoms with van der Waals surface area (Å²) >= 11 is 17.8. The summed E-state index contributed by atoms with van der Waals surface area (Å²) in [6.07, 6.45) is 1.00. The Morgan fingerprint density at radius 2 is 1.64 bits per heavy atom. The van der Waals surface area contributed by atoms with Gasteiger partial charge in [0.2, 0.25) is 15.9 Å². The van der Waals surface area contributed by atoms with Gasteiger partial charge in [0.05, 0.1) is 11.9 Å². The van der Waals surface area contributed by atoms with Gasteiger partial charge in [-0.05, 0) is 43.3 Å². The number of halogens is 3. The lowest BCUT2D eigenvalue weighted by atomic mass is 10.2. The zero-order chi connectivity index (χ0) is 18.8. The van der Waals surface area contributed by atoms with Gasteiger partial charge in [-0.2, -0.15) is 0 Å². The van der Waals surface area contributed by atoms with Crippen LogP contribution >= 0.6 is 34.8 Å². The van der Waals surface area contributed by atoms with Gasteiger partial charge < -0.3 is 5.32 Å². The summed E-state index contributed by atoms with van der Waals surface area (Å²) in [7, 11) is -3.77. The van der Waals surface area contributed by atoms with E-state index in [9.17, 15) is 13.2 Å². The summed E-state index contributed by atoms with van der Waals surface area (Å²) in [5, 5.41) is 3.61. The van der Waals surface area contributed by atoms with E-state index in [1.807, 2.05) is 0 Å². The van der Waals surface area contributed by atoms with Gasteiger partial charge in [-0.1, -0.05) is 40.9 Å². The summed E-state index contributed by atoms with van der Waals surface area (Å²) < 4.78 is 25.5. The SMILES string of the molecule is C[C@@H](C(=O)Nc1cccc(Cl)c1)N(c1cc(Cl)cc(Cl)c1)S(C)(=O)=O. The molecule has 2 aromatic carbocycles. The molecule has 0 radical (unpaired) electrons. The summed E-state index contributed by atoms with van der Waals surface area (Å²) in [4.78, 5) is 12.5. The van der Waals surface area contributed by atoms with E-state index in [1.54, 1.807) is 24.3 Å². The molecule has 0 aliphatic heterocycles. The Balaban J connectivity index is 2.36. The molecule has 0 aliphatic carbocycles. The van der Waals surface area contributed by atoms with Crippen molar-refractivity contribution in [2.45, 2.75) is 13.0 Å². The van der Waals surface area contributed by atoms with Gasteiger partial charge in [-0.15, -0.1) is 0 Å². The van der Waals surface area contributed by atoms with Gasteiger partial charge in [0.15, 0.2) is 0 Å². The van der Waals surface area contributed by atoms with Crippen LogP contribution < -0.4 is 9.62 Å². The van der Waals surface area contributed by atoms with Crippen LogP contribution in [-0.4, -0.2) is 26.6 Å². The first kappa shape index (κ1) is 19.8. The second-order valence-corrected chi connectivity index (χ2v) is 8.53. The number of hydrogen-bond donors (Lipinski definition) is 1. The van der Waals surface area contributed by atoms with Crippen LogP contribution in [0.15, 0.2) is 42.5 Å². The molecule has 0 unspecified atom stereocenters. The van der Waals surface area contributed by atoms with Crippen molar-refractivity contribution >= 4 is 62.1 Å². The Morgan fingerprint density at radius 3 is 2.16 bits per heavy atom. The minimum atomic E-state index is -3.77. The third kappa shape index (κ3) is 5.25. The molecule has 0 aliphatic rings. The summed E-state index contributed by atoms with van der Waals surface area (Å²) in [5.74, 6) is -0.524. The molecule has 5 nitrogen and oxygen atoms in total. The average molecular weight is 422 g/mol. The predicted molar refractivity (Wildman–Crippen MR) is 103 cm³/mol. The Hall–Kier alpha value is -1.47. The van der Waals surface area contributed by atoms with Crippen molar-refractivity contribution < 1.29 is 13.2 Å². The maximum absolute atomic E-state index is 12.5. The Labute approximate surface area is 161 Å². The molecule has 0 aromatic heterocycles. The quantitative estimate of drug-likeness (QED) is 0.776. The van der Waals surface area contributed by atoms with Crippen LogP contribution in [-0.2, 0) is 14.8 Å². The molecule has 0 saturated heterocycles. The third-order valence-corrected chi connectivity index (χ3v) is 5.20. The fourth-order valence-electron chi connectivity index (χ4n) is 2.29. The number of nitrogens with zero attached hydrogens (tertiary/aromatic N) is 1. The van der Waals surface area contributed by atoms with E-state index >= 15 is 0 Å². The molecule has 0 fully saturated rings. The fraction of sp³-hybridized carbons (Fsp3) is 0.188. The fourth-order valence-corrected chi connectivity index (χ4v) is 4.15. The first-order valence-electron chi connectivity index (χ1n) is 7.10. The predicted octanol–water partition coefficient (Wildman–Crippen LogP) is 4.44. The van der Waals surface area contributed by atoms with Gasteiger partial charge in [-0.3, -0.25) is 9.10 Å². The first-order valence-corrected chi connectivity index (χ1v) is 10.1. The van der Waals surface area contributed by atoms with Crippen molar-refractivity contribution in [3.8, 4) is 0 Å². The number of rotatable bonds is 5. The number of amides is 1. The van der Waals surface area contributed by atoms with E-state index in [1.165, 1.54) is 25.1 Å². The van der Waals surface area contributed by atoms with E-state index in [0.717, 1.165) is 10.6 Å². The number of carbonyl (C=O) groups is 1. The zero-order valence-corrected chi connectivity index (χ0v) is 16.4. The van der Waals surface area contributed by atoms with Gasteiger partial charge in [0, 0.05) is 20.8 Å². The van der Waals surface area contributed by atoms with Crippen molar-refractivity contribution in [3.05, 3.63) is 57.5 Å². The molecule has 134 valence electrons. The molecule has 1 amide bonds. The maximum atomic E-state index is 12.5. The number of carbonyl (C=O) groups excluding carboxylic acids is 1. The van der Waals surface area contributed by atoms with E-state index in [-0.39, 0.29) is 15.7 Å². The lowest BCUT2D eigenvalue weighted by Gasteiger charge is -2.28. The third-order valence-electron chi connectivity index (χ3n) is 3.28. The van der Waals surface area contributed by atoms with Crippen LogP contribution in [0.2, 0.25) is 15.1 Å². The lowest BCUT2D eigenvalue weighted by molar-refractivity contribution is -0.116. The van der Waals surface area contributed by atoms with Gasteiger partial charge in [-0.25, -0.2) is 8.42 Å². The van der Waals surface area contributed by atoms with E-state index in [0.29, 0.717) is 10.7 Å². The Kier molecular flexibility index (Phi) is 6.21.